The van der Waals surface area contributed by atoms with Gasteiger partial charge in [-0.2, -0.15) is 0 Å². The van der Waals surface area contributed by atoms with Crippen molar-refractivity contribution in [2.45, 2.75) is 6.92 Å². The molecule has 0 radical (unpaired) electrons. The lowest BCUT2D eigenvalue weighted by atomic mass is 10.2. The van der Waals surface area contributed by atoms with Gasteiger partial charge in [-0.05, 0) is 31.2 Å². The van der Waals surface area contributed by atoms with Crippen molar-refractivity contribution in [3.05, 3.63) is 42.2 Å². The van der Waals surface area contributed by atoms with Crippen LogP contribution in [0.5, 0.6) is 0 Å². The first-order valence-electron chi connectivity index (χ1n) is 5.69. The van der Waals surface area contributed by atoms with Crippen LogP contribution in [0.3, 0.4) is 0 Å². The molecule has 90 valence electrons. The average molecular weight is 241 g/mol. The molecule has 5 nitrogen and oxygen atoms in total. The lowest BCUT2D eigenvalue weighted by molar-refractivity contribution is 0.0526. The van der Waals surface area contributed by atoms with Gasteiger partial charge in [0.15, 0.2) is 0 Å². The first-order chi connectivity index (χ1) is 8.79. The van der Waals surface area contributed by atoms with E-state index in [1.54, 1.807) is 31.3 Å². The second kappa shape index (κ2) is 4.10. The Morgan fingerprint density at radius 2 is 2.33 bits per heavy atom. The number of aromatic nitrogens is 3. The van der Waals surface area contributed by atoms with Gasteiger partial charge in [0.2, 0.25) is 5.78 Å². The number of ether oxygens (including phenoxy) is 1. The van der Waals surface area contributed by atoms with E-state index in [-0.39, 0.29) is 5.97 Å². The number of carbonyl (C=O) groups excluding carboxylic acids is 1. The molecular weight excluding hydrogens is 230 g/mol. The van der Waals surface area contributed by atoms with Gasteiger partial charge in [0.1, 0.15) is 0 Å². The average Bonchev–Trinajstić information content (AvgIpc) is 2.76. The molecule has 0 N–H and O–H groups in total. The highest BCUT2D eigenvalue weighted by Crippen LogP contribution is 2.17. The van der Waals surface area contributed by atoms with Crippen LogP contribution in [0.15, 0.2) is 36.7 Å². The molecule has 18 heavy (non-hydrogen) atoms. The Labute approximate surface area is 103 Å². The third-order valence-electron chi connectivity index (χ3n) is 2.69. The maximum Gasteiger partial charge on any atom is 0.338 e. The molecule has 1 aromatic carbocycles. The summed E-state index contributed by atoms with van der Waals surface area (Å²) in [7, 11) is 0. The van der Waals surface area contributed by atoms with Crippen LogP contribution in [-0.4, -0.2) is 26.9 Å². The van der Waals surface area contributed by atoms with Gasteiger partial charge in [-0.3, -0.25) is 4.40 Å². The second-order valence-electron chi connectivity index (χ2n) is 3.83. The van der Waals surface area contributed by atoms with E-state index in [1.807, 2.05) is 16.7 Å². The van der Waals surface area contributed by atoms with Crippen molar-refractivity contribution in [3.63, 3.8) is 0 Å². The van der Waals surface area contributed by atoms with Crippen molar-refractivity contribution in [1.82, 2.24) is 14.4 Å². The standard InChI is InChI=1S/C13H11N3O2/c1-2-18-12(17)9-4-5-10-11(8-9)16-7-3-6-14-13(16)15-10/h3-8H,2H2,1H3. The van der Waals surface area contributed by atoms with Gasteiger partial charge in [0, 0.05) is 12.4 Å². The maximum atomic E-state index is 11.7. The number of carbonyl (C=O) groups is 1. The molecule has 0 aliphatic rings. The molecule has 0 unspecified atom stereocenters. The zero-order chi connectivity index (χ0) is 12.5. The van der Waals surface area contributed by atoms with Crippen molar-refractivity contribution >= 4 is 22.8 Å². The molecule has 3 aromatic rings. The first kappa shape index (κ1) is 10.7. The largest absolute Gasteiger partial charge is 0.462 e. The summed E-state index contributed by atoms with van der Waals surface area (Å²) in [5, 5.41) is 0. The van der Waals surface area contributed by atoms with Gasteiger partial charge in [0.25, 0.3) is 0 Å². The third kappa shape index (κ3) is 1.60. The fourth-order valence-electron chi connectivity index (χ4n) is 1.89. The summed E-state index contributed by atoms with van der Waals surface area (Å²) < 4.78 is 6.83. The number of fused-ring (bicyclic) bond motifs is 3. The molecule has 0 spiro atoms. The van der Waals surface area contributed by atoms with E-state index >= 15 is 0 Å². The normalized spacial score (nSPS) is 10.9. The SMILES string of the molecule is CCOC(=O)c1ccc2nc3ncccn3c2c1. The Kier molecular flexibility index (Phi) is 2.44. The highest BCUT2D eigenvalue weighted by Gasteiger charge is 2.10. The van der Waals surface area contributed by atoms with Crippen LogP contribution in [0.25, 0.3) is 16.8 Å². The number of benzene rings is 1. The summed E-state index contributed by atoms with van der Waals surface area (Å²) in [6.07, 6.45) is 3.56. The van der Waals surface area contributed by atoms with Gasteiger partial charge in [-0.1, -0.05) is 0 Å². The Hall–Kier alpha value is -2.43. The summed E-state index contributed by atoms with van der Waals surface area (Å²) >= 11 is 0. The summed E-state index contributed by atoms with van der Waals surface area (Å²) in [4.78, 5) is 20.2. The molecule has 0 aliphatic carbocycles. The minimum absolute atomic E-state index is 0.321. The van der Waals surface area contributed by atoms with Crippen LogP contribution >= 0.6 is 0 Å². The Morgan fingerprint density at radius 1 is 1.44 bits per heavy atom. The van der Waals surface area contributed by atoms with Crippen LogP contribution < -0.4 is 0 Å². The zero-order valence-electron chi connectivity index (χ0n) is 9.83. The molecule has 3 rings (SSSR count). The number of hydrogen-bond acceptors (Lipinski definition) is 4. The molecule has 0 bridgehead atoms. The number of nitrogens with zero attached hydrogens (tertiary/aromatic N) is 3. The molecule has 0 saturated heterocycles. The summed E-state index contributed by atoms with van der Waals surface area (Å²) in [5.41, 5.74) is 2.18. The zero-order valence-corrected chi connectivity index (χ0v) is 9.83. The number of esters is 1. The van der Waals surface area contributed by atoms with E-state index in [2.05, 4.69) is 9.97 Å². The Morgan fingerprint density at radius 3 is 3.17 bits per heavy atom. The molecule has 2 heterocycles. The van der Waals surface area contributed by atoms with Crippen molar-refractivity contribution in [2.24, 2.45) is 0 Å². The van der Waals surface area contributed by atoms with Gasteiger partial charge in [-0.15, -0.1) is 0 Å². The second-order valence-corrected chi connectivity index (χ2v) is 3.83. The van der Waals surface area contributed by atoms with E-state index in [4.69, 9.17) is 4.74 Å². The number of hydrogen-bond donors (Lipinski definition) is 0. The molecule has 0 fully saturated rings. The molecule has 2 aromatic heterocycles. The first-order valence-corrected chi connectivity index (χ1v) is 5.69. The minimum Gasteiger partial charge on any atom is -0.462 e. The predicted molar refractivity (Wildman–Crippen MR) is 66.4 cm³/mol. The topological polar surface area (TPSA) is 56.5 Å². The summed E-state index contributed by atoms with van der Waals surface area (Å²) in [6, 6.07) is 7.11. The molecular formula is C13H11N3O2. The van der Waals surface area contributed by atoms with E-state index < -0.39 is 0 Å². The van der Waals surface area contributed by atoms with Crippen molar-refractivity contribution < 1.29 is 9.53 Å². The maximum absolute atomic E-state index is 11.7. The van der Waals surface area contributed by atoms with Crippen LogP contribution in [0.4, 0.5) is 0 Å². The van der Waals surface area contributed by atoms with E-state index in [9.17, 15) is 4.79 Å². The molecule has 0 saturated carbocycles. The Bertz CT molecular complexity index is 733. The molecule has 0 aliphatic heterocycles. The number of rotatable bonds is 2. The number of imidazole rings is 1. The quantitative estimate of drug-likeness (QED) is 0.644. The fraction of sp³-hybridized carbons (Fsp3) is 0.154. The molecule has 5 heteroatoms. The highest BCUT2D eigenvalue weighted by molar-refractivity contribution is 5.94. The van der Waals surface area contributed by atoms with Crippen molar-refractivity contribution in [2.75, 3.05) is 6.61 Å². The van der Waals surface area contributed by atoms with Crippen LogP contribution in [0.2, 0.25) is 0 Å². The van der Waals surface area contributed by atoms with E-state index in [1.165, 1.54) is 0 Å². The highest BCUT2D eigenvalue weighted by atomic mass is 16.5. The fourth-order valence-corrected chi connectivity index (χ4v) is 1.89. The van der Waals surface area contributed by atoms with Crippen LogP contribution in [0.1, 0.15) is 17.3 Å². The molecule has 0 amide bonds. The Balaban J connectivity index is 2.21. The lowest BCUT2D eigenvalue weighted by Crippen LogP contribution is -2.04. The minimum atomic E-state index is -0.321. The predicted octanol–water partition coefficient (Wildman–Crippen LogP) is 2.06. The smallest absolute Gasteiger partial charge is 0.338 e. The van der Waals surface area contributed by atoms with Gasteiger partial charge in [-0.25, -0.2) is 14.8 Å². The van der Waals surface area contributed by atoms with Crippen molar-refractivity contribution in [1.29, 1.82) is 0 Å². The van der Waals surface area contributed by atoms with Gasteiger partial charge >= 0.3 is 5.97 Å². The van der Waals surface area contributed by atoms with Gasteiger partial charge in [0.05, 0.1) is 23.2 Å². The molecule has 0 atom stereocenters. The summed E-state index contributed by atoms with van der Waals surface area (Å²) in [6.45, 7) is 2.15. The van der Waals surface area contributed by atoms with Crippen LogP contribution in [-0.2, 0) is 4.74 Å². The summed E-state index contributed by atoms with van der Waals surface area (Å²) in [5.74, 6) is 0.298. The van der Waals surface area contributed by atoms with Gasteiger partial charge < -0.3 is 4.74 Å². The monoisotopic (exact) mass is 241 g/mol. The van der Waals surface area contributed by atoms with E-state index in [0.29, 0.717) is 17.9 Å². The van der Waals surface area contributed by atoms with E-state index in [0.717, 1.165) is 11.0 Å². The lowest BCUT2D eigenvalue weighted by Gasteiger charge is -2.01. The van der Waals surface area contributed by atoms with Crippen molar-refractivity contribution in [3.8, 4) is 0 Å². The van der Waals surface area contributed by atoms with Crippen LogP contribution in [0, 0.1) is 0 Å². The third-order valence-corrected chi connectivity index (χ3v) is 2.69.